The number of carbonyl (C=O) groups is 1. The molecule has 1 aliphatic heterocycles. The van der Waals surface area contributed by atoms with E-state index in [4.69, 9.17) is 0 Å². The Morgan fingerprint density at radius 1 is 1.28 bits per heavy atom. The summed E-state index contributed by atoms with van der Waals surface area (Å²) in [7, 11) is 0. The van der Waals surface area contributed by atoms with Crippen molar-refractivity contribution < 1.29 is 9.18 Å². The minimum atomic E-state index is -0.453. The lowest BCUT2D eigenvalue weighted by atomic mass is 10.00. The smallest absolute Gasteiger partial charge is 0.272 e. The van der Waals surface area contributed by atoms with Crippen LogP contribution in [0.3, 0.4) is 0 Å². The first-order valence-corrected chi connectivity index (χ1v) is 7.83. The van der Waals surface area contributed by atoms with Crippen molar-refractivity contribution in [2.24, 2.45) is 5.92 Å². The number of aryl methyl sites for hydroxylation is 1. The van der Waals surface area contributed by atoms with Crippen molar-refractivity contribution in [2.45, 2.75) is 6.92 Å². The van der Waals surface area contributed by atoms with E-state index in [1.165, 1.54) is 23.0 Å². The van der Waals surface area contributed by atoms with Crippen LogP contribution in [0.25, 0.3) is 17.0 Å². The van der Waals surface area contributed by atoms with Crippen molar-refractivity contribution >= 4 is 11.6 Å². The lowest BCUT2D eigenvalue weighted by Gasteiger charge is -2.37. The van der Waals surface area contributed by atoms with Crippen LogP contribution in [0.5, 0.6) is 0 Å². The quantitative estimate of drug-likeness (QED) is 0.760. The van der Waals surface area contributed by atoms with Gasteiger partial charge in [0.05, 0.1) is 18.1 Å². The summed E-state index contributed by atoms with van der Waals surface area (Å²) < 4.78 is 13.9. The highest BCUT2D eigenvalue weighted by Crippen LogP contribution is 2.28. The van der Waals surface area contributed by atoms with Crippen LogP contribution in [0.4, 0.5) is 4.39 Å². The van der Waals surface area contributed by atoms with Crippen LogP contribution in [0.1, 0.15) is 16.1 Å². The first kappa shape index (κ1) is 15.4. The molecule has 1 N–H and O–H groups in total. The van der Waals surface area contributed by atoms with Crippen LogP contribution in [-0.4, -0.2) is 55.1 Å². The van der Waals surface area contributed by atoms with E-state index in [1.807, 2.05) is 0 Å². The number of nitrogens with zero attached hydrogens (tertiary/aromatic N) is 5. The fourth-order valence-corrected chi connectivity index (χ4v) is 2.99. The molecule has 4 heterocycles. The Bertz CT molecular complexity index is 1020. The third kappa shape index (κ3) is 2.39. The summed E-state index contributed by atoms with van der Waals surface area (Å²) in [5.41, 5.74) is 1.60. The molecule has 1 aliphatic rings. The predicted octanol–water partition coefficient (Wildman–Crippen LogP) is 0.830. The van der Waals surface area contributed by atoms with Gasteiger partial charge in [-0.1, -0.05) is 0 Å². The molecule has 1 fully saturated rings. The van der Waals surface area contributed by atoms with Gasteiger partial charge in [-0.2, -0.15) is 0 Å². The van der Waals surface area contributed by atoms with Gasteiger partial charge in [-0.3, -0.25) is 29.0 Å². The summed E-state index contributed by atoms with van der Waals surface area (Å²) in [6.45, 7) is 2.01. The lowest BCUT2D eigenvalue weighted by Crippen LogP contribution is -2.50. The maximum absolute atomic E-state index is 13.0. The van der Waals surface area contributed by atoms with Crippen molar-refractivity contribution in [3.05, 3.63) is 46.3 Å². The average Bonchev–Trinajstić information content (AvgIpc) is 2.95. The number of rotatable bonds is 3. The van der Waals surface area contributed by atoms with Crippen LogP contribution < -0.4 is 5.56 Å². The number of H-pyrrole nitrogens is 1. The molecular formula is C16H15FN6O2. The molecule has 0 aliphatic carbocycles. The number of halogens is 1. The number of amides is 1. The van der Waals surface area contributed by atoms with Crippen molar-refractivity contribution in [1.29, 1.82) is 0 Å². The highest BCUT2D eigenvalue weighted by molar-refractivity contribution is 6.05. The van der Waals surface area contributed by atoms with Gasteiger partial charge in [-0.05, 0) is 6.92 Å². The van der Waals surface area contributed by atoms with Gasteiger partial charge >= 0.3 is 0 Å². The Balaban J connectivity index is 1.91. The second kappa shape index (κ2) is 5.76. The third-order valence-corrected chi connectivity index (χ3v) is 4.34. The molecule has 1 saturated heterocycles. The molecule has 0 atom stereocenters. The molecule has 8 nitrogen and oxygen atoms in total. The average molecular weight is 342 g/mol. The third-order valence-electron chi connectivity index (χ3n) is 4.34. The van der Waals surface area contributed by atoms with E-state index in [0.29, 0.717) is 30.2 Å². The predicted molar refractivity (Wildman–Crippen MR) is 86.9 cm³/mol. The van der Waals surface area contributed by atoms with E-state index in [9.17, 15) is 14.0 Å². The van der Waals surface area contributed by atoms with Crippen molar-refractivity contribution in [3.8, 4) is 11.4 Å². The molecule has 3 aromatic heterocycles. The van der Waals surface area contributed by atoms with Gasteiger partial charge in [-0.25, -0.2) is 9.50 Å². The number of alkyl halides is 1. The Morgan fingerprint density at radius 2 is 2.04 bits per heavy atom. The van der Waals surface area contributed by atoms with Gasteiger partial charge < -0.3 is 4.90 Å². The number of aromatic nitrogens is 5. The van der Waals surface area contributed by atoms with E-state index in [0.717, 1.165) is 0 Å². The fourth-order valence-electron chi connectivity index (χ4n) is 2.99. The number of aromatic amines is 1. The SMILES string of the molecule is Cc1nccnc1-c1[nH]n2c(=O)ccnc2c1C(=O)N1CC(CF)C1. The van der Waals surface area contributed by atoms with E-state index in [2.05, 4.69) is 20.1 Å². The molecule has 1 amide bonds. The Labute approximate surface area is 141 Å². The van der Waals surface area contributed by atoms with Gasteiger partial charge in [0.2, 0.25) is 0 Å². The topological polar surface area (TPSA) is 96.2 Å². The summed E-state index contributed by atoms with van der Waals surface area (Å²) in [5.74, 6) is -0.437. The summed E-state index contributed by atoms with van der Waals surface area (Å²) in [5, 5.41) is 2.92. The maximum atomic E-state index is 13.0. The molecule has 0 unspecified atom stereocenters. The summed E-state index contributed by atoms with van der Waals surface area (Å²) in [6, 6.07) is 1.30. The zero-order chi connectivity index (χ0) is 17.6. The molecule has 25 heavy (non-hydrogen) atoms. The number of likely N-dealkylation sites (tertiary alicyclic amines) is 1. The molecule has 9 heteroatoms. The number of hydrogen-bond acceptors (Lipinski definition) is 5. The number of carbonyl (C=O) groups excluding carboxylic acids is 1. The Kier molecular flexibility index (Phi) is 3.56. The summed E-state index contributed by atoms with van der Waals surface area (Å²) in [4.78, 5) is 39.3. The molecule has 0 saturated carbocycles. The Morgan fingerprint density at radius 3 is 2.76 bits per heavy atom. The molecule has 3 aromatic rings. The van der Waals surface area contributed by atoms with Crippen molar-refractivity contribution in [3.63, 3.8) is 0 Å². The fraction of sp³-hybridized carbons (Fsp3) is 0.312. The largest absolute Gasteiger partial charge is 0.338 e. The normalized spacial score (nSPS) is 14.7. The lowest BCUT2D eigenvalue weighted by molar-refractivity contribution is 0.0455. The van der Waals surface area contributed by atoms with Gasteiger partial charge in [0.15, 0.2) is 5.65 Å². The Hall–Kier alpha value is -3.10. The molecule has 0 radical (unpaired) electrons. The highest BCUT2D eigenvalue weighted by atomic mass is 19.1. The maximum Gasteiger partial charge on any atom is 0.272 e. The first-order chi connectivity index (χ1) is 12.1. The van der Waals surface area contributed by atoms with Crippen LogP contribution in [0, 0.1) is 12.8 Å². The van der Waals surface area contributed by atoms with Gasteiger partial charge in [-0.15, -0.1) is 0 Å². The van der Waals surface area contributed by atoms with Gasteiger partial charge in [0.25, 0.3) is 11.5 Å². The molecule has 0 aromatic carbocycles. The molecule has 0 bridgehead atoms. The minimum Gasteiger partial charge on any atom is -0.338 e. The zero-order valence-corrected chi connectivity index (χ0v) is 13.4. The number of nitrogens with one attached hydrogen (secondary N) is 1. The number of fused-ring (bicyclic) bond motifs is 1. The highest BCUT2D eigenvalue weighted by Gasteiger charge is 2.35. The van der Waals surface area contributed by atoms with E-state index >= 15 is 0 Å². The second-order valence-corrected chi connectivity index (χ2v) is 6.02. The summed E-state index contributed by atoms with van der Waals surface area (Å²) in [6.07, 6.45) is 4.42. The standard InChI is InChI=1S/C16H15FN6O2/c1-9-13(19-5-4-18-9)14-12(16(25)22-7-10(6-17)8-22)15-20-3-2-11(24)23(15)21-14/h2-5,10,21H,6-8H2,1H3. The zero-order valence-electron chi connectivity index (χ0n) is 13.4. The van der Waals surface area contributed by atoms with Crippen LogP contribution in [0.2, 0.25) is 0 Å². The monoisotopic (exact) mass is 342 g/mol. The molecular weight excluding hydrogens is 327 g/mol. The van der Waals surface area contributed by atoms with Crippen LogP contribution in [0.15, 0.2) is 29.5 Å². The van der Waals surface area contributed by atoms with E-state index < -0.39 is 6.67 Å². The second-order valence-electron chi connectivity index (χ2n) is 6.02. The number of hydrogen-bond donors (Lipinski definition) is 1. The van der Waals surface area contributed by atoms with Crippen molar-refractivity contribution in [1.82, 2.24) is 29.5 Å². The van der Waals surface area contributed by atoms with Crippen molar-refractivity contribution in [2.75, 3.05) is 19.8 Å². The van der Waals surface area contributed by atoms with Gasteiger partial charge in [0, 0.05) is 43.7 Å². The molecule has 4 rings (SSSR count). The molecule has 0 spiro atoms. The van der Waals surface area contributed by atoms with Crippen LogP contribution in [-0.2, 0) is 0 Å². The van der Waals surface area contributed by atoms with Gasteiger partial charge in [0.1, 0.15) is 11.3 Å². The van der Waals surface area contributed by atoms with Crippen LogP contribution >= 0.6 is 0 Å². The molecule has 128 valence electrons. The minimum absolute atomic E-state index is 0.133. The van der Waals surface area contributed by atoms with E-state index in [-0.39, 0.29) is 28.6 Å². The first-order valence-electron chi connectivity index (χ1n) is 7.83. The van der Waals surface area contributed by atoms with E-state index in [1.54, 1.807) is 18.0 Å². The summed E-state index contributed by atoms with van der Waals surface area (Å²) >= 11 is 0.